The number of rotatable bonds is 2. The molecule has 1 amide bonds. The Balaban J connectivity index is 1.96. The quantitative estimate of drug-likeness (QED) is 0.902. The van der Waals surface area contributed by atoms with Gasteiger partial charge in [0.25, 0.3) is 5.91 Å². The van der Waals surface area contributed by atoms with Crippen molar-refractivity contribution in [2.24, 2.45) is 0 Å². The fourth-order valence-corrected chi connectivity index (χ4v) is 2.67. The number of aliphatic hydroxyl groups excluding tert-OH is 1. The first-order valence-corrected chi connectivity index (χ1v) is 6.85. The summed E-state index contributed by atoms with van der Waals surface area (Å²) in [5.41, 5.74) is 0.154. The number of carbonyl (C=O) groups excluding carboxylic acids is 1. The van der Waals surface area contributed by atoms with Gasteiger partial charge in [0.05, 0.1) is 12.1 Å². The molecular formula is C14H9BrF2N2O2. The molecule has 1 atom stereocenters. The molecule has 1 aliphatic heterocycles. The Labute approximate surface area is 127 Å². The van der Waals surface area contributed by atoms with Crippen molar-refractivity contribution in [2.75, 3.05) is 0 Å². The number of pyridine rings is 1. The summed E-state index contributed by atoms with van der Waals surface area (Å²) in [6.45, 7) is -0.374. The molecule has 2 heterocycles. The third kappa shape index (κ3) is 2.32. The summed E-state index contributed by atoms with van der Waals surface area (Å²) in [6.07, 6.45) is 0.135. The normalized spacial score (nSPS) is 17.2. The molecule has 1 aromatic carbocycles. The van der Waals surface area contributed by atoms with Crippen LogP contribution in [0.15, 0.2) is 34.9 Å². The van der Waals surface area contributed by atoms with E-state index in [1.165, 1.54) is 12.3 Å². The third-order valence-electron chi connectivity index (χ3n) is 3.30. The summed E-state index contributed by atoms with van der Waals surface area (Å²) in [6, 6.07) is 5.30. The van der Waals surface area contributed by atoms with Crippen LogP contribution in [0.2, 0.25) is 0 Å². The monoisotopic (exact) mass is 354 g/mol. The van der Waals surface area contributed by atoms with Gasteiger partial charge in [-0.1, -0.05) is 15.9 Å². The average Bonchev–Trinajstić information content (AvgIpc) is 2.67. The third-order valence-corrected chi connectivity index (χ3v) is 3.76. The fourth-order valence-electron chi connectivity index (χ4n) is 2.27. The van der Waals surface area contributed by atoms with E-state index in [1.807, 2.05) is 0 Å². The molecule has 0 radical (unpaired) electrons. The van der Waals surface area contributed by atoms with Crippen LogP contribution in [-0.4, -0.2) is 20.9 Å². The van der Waals surface area contributed by atoms with Gasteiger partial charge in [-0.2, -0.15) is 0 Å². The number of carbonyl (C=O) groups is 1. The SMILES string of the molecule is O=C1c2cccnc2C(O)N1Cc1c(F)cc(Br)cc1F. The summed E-state index contributed by atoms with van der Waals surface area (Å²) < 4.78 is 27.9. The number of amides is 1. The number of aliphatic hydroxyl groups is 1. The molecule has 0 saturated heterocycles. The Kier molecular flexibility index (Phi) is 3.46. The smallest absolute Gasteiger partial charge is 0.258 e. The van der Waals surface area contributed by atoms with E-state index in [2.05, 4.69) is 20.9 Å². The van der Waals surface area contributed by atoms with Crippen molar-refractivity contribution < 1.29 is 18.7 Å². The minimum atomic E-state index is -1.31. The number of hydrogen-bond acceptors (Lipinski definition) is 3. The van der Waals surface area contributed by atoms with Gasteiger partial charge in [0, 0.05) is 16.2 Å². The van der Waals surface area contributed by atoms with Gasteiger partial charge in [-0.3, -0.25) is 9.78 Å². The topological polar surface area (TPSA) is 53.4 Å². The average molecular weight is 355 g/mol. The molecule has 1 unspecified atom stereocenters. The Morgan fingerprint density at radius 2 is 2.00 bits per heavy atom. The first-order valence-electron chi connectivity index (χ1n) is 6.06. The van der Waals surface area contributed by atoms with E-state index in [4.69, 9.17) is 0 Å². The molecule has 1 aromatic heterocycles. The van der Waals surface area contributed by atoms with Crippen molar-refractivity contribution in [3.05, 3.63) is 63.4 Å². The predicted octanol–water partition coefficient (Wildman–Crippen LogP) is 2.77. The Bertz CT molecular complexity index is 716. The standard InChI is InChI=1S/C14H9BrF2N2O2/c15-7-4-10(16)9(11(17)5-7)6-19-13(20)8-2-1-3-18-12(8)14(19)21/h1-5,14,21H,6H2. The second-order valence-electron chi connectivity index (χ2n) is 4.59. The molecule has 0 aliphatic carbocycles. The maximum Gasteiger partial charge on any atom is 0.258 e. The minimum absolute atomic E-state index is 0.195. The first kappa shape index (κ1) is 14.1. The highest BCUT2D eigenvalue weighted by Gasteiger charge is 2.37. The summed E-state index contributed by atoms with van der Waals surface area (Å²) in [5, 5.41) is 10.1. The number of benzene rings is 1. The molecule has 2 aromatic rings. The Morgan fingerprint density at radius 1 is 1.33 bits per heavy atom. The van der Waals surface area contributed by atoms with Gasteiger partial charge in [0.15, 0.2) is 6.23 Å². The van der Waals surface area contributed by atoms with Crippen LogP contribution in [-0.2, 0) is 6.54 Å². The summed E-state index contributed by atoms with van der Waals surface area (Å²) in [7, 11) is 0. The molecule has 3 rings (SSSR count). The Hall–Kier alpha value is -1.86. The van der Waals surface area contributed by atoms with Crippen molar-refractivity contribution in [3.63, 3.8) is 0 Å². The summed E-state index contributed by atoms with van der Waals surface area (Å²) in [4.78, 5) is 17.1. The molecule has 7 heteroatoms. The highest BCUT2D eigenvalue weighted by Crippen LogP contribution is 2.32. The molecule has 4 nitrogen and oxygen atoms in total. The zero-order valence-corrected chi connectivity index (χ0v) is 12.1. The van der Waals surface area contributed by atoms with E-state index in [9.17, 15) is 18.7 Å². The van der Waals surface area contributed by atoms with Crippen molar-refractivity contribution in [2.45, 2.75) is 12.8 Å². The summed E-state index contributed by atoms with van der Waals surface area (Å²) >= 11 is 2.99. The van der Waals surface area contributed by atoms with E-state index in [-0.39, 0.29) is 27.8 Å². The fraction of sp³-hybridized carbons (Fsp3) is 0.143. The van der Waals surface area contributed by atoms with Crippen molar-refractivity contribution in [1.82, 2.24) is 9.88 Å². The highest BCUT2D eigenvalue weighted by atomic mass is 79.9. The van der Waals surface area contributed by atoms with Gasteiger partial charge < -0.3 is 10.0 Å². The zero-order chi connectivity index (χ0) is 15.1. The zero-order valence-electron chi connectivity index (χ0n) is 10.6. The summed E-state index contributed by atoms with van der Waals surface area (Å²) in [5.74, 6) is -2.08. The maximum absolute atomic E-state index is 13.8. The lowest BCUT2D eigenvalue weighted by molar-refractivity contribution is 0.0111. The van der Waals surface area contributed by atoms with E-state index >= 15 is 0 Å². The van der Waals surface area contributed by atoms with E-state index in [0.717, 1.165) is 17.0 Å². The maximum atomic E-state index is 13.8. The predicted molar refractivity (Wildman–Crippen MR) is 73.1 cm³/mol. The second kappa shape index (κ2) is 5.16. The van der Waals surface area contributed by atoms with E-state index in [0.29, 0.717) is 0 Å². The molecule has 21 heavy (non-hydrogen) atoms. The van der Waals surface area contributed by atoms with Crippen LogP contribution < -0.4 is 0 Å². The molecule has 1 aliphatic rings. The lowest BCUT2D eigenvalue weighted by Crippen LogP contribution is -2.28. The van der Waals surface area contributed by atoms with Crippen LogP contribution in [0.5, 0.6) is 0 Å². The van der Waals surface area contributed by atoms with Crippen LogP contribution in [0.1, 0.15) is 27.8 Å². The van der Waals surface area contributed by atoms with Gasteiger partial charge in [-0.25, -0.2) is 8.78 Å². The molecule has 0 saturated carbocycles. The molecular weight excluding hydrogens is 346 g/mol. The number of fused-ring (bicyclic) bond motifs is 1. The first-order chi connectivity index (χ1) is 9.99. The van der Waals surface area contributed by atoms with E-state index < -0.39 is 23.8 Å². The Morgan fingerprint density at radius 3 is 2.62 bits per heavy atom. The second-order valence-corrected chi connectivity index (χ2v) is 5.51. The van der Waals surface area contributed by atoms with Crippen molar-refractivity contribution in [3.8, 4) is 0 Å². The van der Waals surface area contributed by atoms with Crippen LogP contribution in [0.3, 0.4) is 0 Å². The van der Waals surface area contributed by atoms with Crippen molar-refractivity contribution >= 4 is 21.8 Å². The largest absolute Gasteiger partial charge is 0.368 e. The van der Waals surface area contributed by atoms with Crippen molar-refractivity contribution in [1.29, 1.82) is 0 Å². The lowest BCUT2D eigenvalue weighted by atomic mass is 10.2. The van der Waals surface area contributed by atoms with Gasteiger partial charge in [0.2, 0.25) is 0 Å². The molecule has 0 spiro atoms. The number of hydrogen-bond donors (Lipinski definition) is 1. The lowest BCUT2D eigenvalue weighted by Gasteiger charge is -2.21. The highest BCUT2D eigenvalue weighted by molar-refractivity contribution is 9.10. The van der Waals surface area contributed by atoms with Gasteiger partial charge >= 0.3 is 0 Å². The minimum Gasteiger partial charge on any atom is -0.368 e. The van der Waals surface area contributed by atoms with Crippen LogP contribution >= 0.6 is 15.9 Å². The molecule has 0 fully saturated rings. The van der Waals surface area contributed by atoms with Gasteiger partial charge in [-0.15, -0.1) is 0 Å². The number of halogens is 3. The van der Waals surface area contributed by atoms with Gasteiger partial charge in [0.1, 0.15) is 17.3 Å². The number of nitrogens with zero attached hydrogens (tertiary/aromatic N) is 2. The molecule has 1 N–H and O–H groups in total. The van der Waals surface area contributed by atoms with Crippen LogP contribution in [0, 0.1) is 11.6 Å². The molecule has 0 bridgehead atoms. The number of aromatic nitrogens is 1. The molecule has 108 valence electrons. The van der Waals surface area contributed by atoms with Crippen LogP contribution in [0.25, 0.3) is 0 Å². The van der Waals surface area contributed by atoms with E-state index in [1.54, 1.807) is 6.07 Å². The van der Waals surface area contributed by atoms with Gasteiger partial charge in [-0.05, 0) is 24.3 Å². The van der Waals surface area contributed by atoms with Crippen LogP contribution in [0.4, 0.5) is 8.78 Å².